The molecule has 1 aliphatic carbocycles. The topological polar surface area (TPSA) is 85.9 Å². The van der Waals surface area contributed by atoms with E-state index in [0.29, 0.717) is 25.7 Å². The molecule has 0 spiro atoms. The maximum Gasteiger partial charge on any atom is 0.213 e. The molecule has 9 heteroatoms. The predicted octanol–water partition coefficient (Wildman–Crippen LogP) is 1.39. The van der Waals surface area contributed by atoms with Gasteiger partial charge in [0.05, 0.1) is 18.6 Å². The lowest BCUT2D eigenvalue weighted by atomic mass is 9.97. The van der Waals surface area contributed by atoms with Crippen LogP contribution in [0.4, 0.5) is 0 Å². The van der Waals surface area contributed by atoms with E-state index in [1.807, 2.05) is 10.8 Å². The molecule has 0 atom stereocenters. The lowest BCUT2D eigenvalue weighted by Gasteiger charge is -2.30. The highest BCUT2D eigenvalue weighted by Gasteiger charge is 2.35. The Kier molecular flexibility index (Phi) is 4.36. The molecule has 1 saturated carbocycles. The molecule has 8 nitrogen and oxygen atoms in total. The van der Waals surface area contributed by atoms with Crippen LogP contribution in [0.5, 0.6) is 0 Å². The van der Waals surface area contributed by atoms with Gasteiger partial charge in [-0.3, -0.25) is 0 Å². The predicted molar refractivity (Wildman–Crippen MR) is 92.6 cm³/mol. The first-order chi connectivity index (χ1) is 12.1. The third-order valence-corrected chi connectivity index (χ3v) is 7.05. The molecule has 2 aromatic heterocycles. The molecule has 1 saturated heterocycles. The molecule has 2 fully saturated rings. The number of imidazole rings is 1. The van der Waals surface area contributed by atoms with Gasteiger partial charge in [0.1, 0.15) is 5.82 Å². The summed E-state index contributed by atoms with van der Waals surface area (Å²) in [7, 11) is -3.09. The highest BCUT2D eigenvalue weighted by atomic mass is 32.2. The zero-order valence-corrected chi connectivity index (χ0v) is 15.3. The van der Waals surface area contributed by atoms with E-state index in [2.05, 4.69) is 19.7 Å². The van der Waals surface area contributed by atoms with Crippen LogP contribution in [-0.2, 0) is 16.6 Å². The molecular weight excluding hydrogens is 340 g/mol. The summed E-state index contributed by atoms with van der Waals surface area (Å²) in [5.41, 5.74) is 0. The van der Waals surface area contributed by atoms with E-state index >= 15 is 0 Å². The molecule has 136 valence electrons. The lowest BCUT2D eigenvalue weighted by Crippen LogP contribution is -2.39. The Balaban J connectivity index is 1.52. The standard InChI is InChI=1S/C16H24N6O2S/c1-2-25(23,24)21-8-5-13(6-9-21)16-19-18-15(22(16)14-3-4-14)11-20-10-7-17-12-20/h7,10,12-14H,2-6,8-9,11H2,1H3. The van der Waals surface area contributed by atoms with Crippen molar-refractivity contribution in [2.24, 2.45) is 0 Å². The molecule has 2 aromatic rings. The maximum atomic E-state index is 12.0. The number of hydrogen-bond donors (Lipinski definition) is 0. The lowest BCUT2D eigenvalue weighted by molar-refractivity contribution is 0.309. The SMILES string of the molecule is CCS(=O)(=O)N1CCC(c2nnc(Cn3ccnc3)n2C2CC2)CC1. The van der Waals surface area contributed by atoms with Gasteiger partial charge in [-0.05, 0) is 32.6 Å². The first-order valence-electron chi connectivity index (χ1n) is 8.95. The van der Waals surface area contributed by atoms with Crippen molar-refractivity contribution < 1.29 is 8.42 Å². The van der Waals surface area contributed by atoms with E-state index in [4.69, 9.17) is 0 Å². The summed E-state index contributed by atoms with van der Waals surface area (Å²) >= 11 is 0. The summed E-state index contributed by atoms with van der Waals surface area (Å²) < 4.78 is 30.0. The minimum atomic E-state index is -3.09. The van der Waals surface area contributed by atoms with Crippen molar-refractivity contribution in [3.8, 4) is 0 Å². The minimum Gasteiger partial charge on any atom is -0.330 e. The van der Waals surface area contributed by atoms with Crippen LogP contribution in [0.25, 0.3) is 0 Å². The summed E-state index contributed by atoms with van der Waals surface area (Å²) in [6.07, 6.45) is 9.46. The number of rotatable bonds is 6. The summed E-state index contributed by atoms with van der Waals surface area (Å²) in [4.78, 5) is 4.09. The average molecular weight is 364 g/mol. The zero-order valence-electron chi connectivity index (χ0n) is 14.5. The van der Waals surface area contributed by atoms with E-state index in [0.717, 1.165) is 24.5 Å². The molecule has 0 radical (unpaired) electrons. The fourth-order valence-corrected chi connectivity index (χ4v) is 4.70. The van der Waals surface area contributed by atoms with Gasteiger partial charge in [0.15, 0.2) is 5.82 Å². The van der Waals surface area contributed by atoms with Crippen LogP contribution in [0.1, 0.15) is 56.2 Å². The first-order valence-corrected chi connectivity index (χ1v) is 10.6. The van der Waals surface area contributed by atoms with Gasteiger partial charge in [0.2, 0.25) is 10.0 Å². The van der Waals surface area contributed by atoms with E-state index < -0.39 is 10.0 Å². The highest BCUT2D eigenvalue weighted by molar-refractivity contribution is 7.89. The molecule has 0 aromatic carbocycles. The Labute approximate surface area is 147 Å². The van der Waals surface area contributed by atoms with E-state index in [1.165, 1.54) is 12.8 Å². The van der Waals surface area contributed by atoms with Crippen LogP contribution in [-0.4, -0.2) is 55.9 Å². The number of nitrogens with zero attached hydrogens (tertiary/aromatic N) is 6. The quantitative estimate of drug-likeness (QED) is 0.773. The fourth-order valence-electron chi connectivity index (χ4n) is 3.57. The van der Waals surface area contributed by atoms with Crippen molar-refractivity contribution in [1.82, 2.24) is 28.6 Å². The van der Waals surface area contributed by atoms with Gasteiger partial charge in [-0.15, -0.1) is 10.2 Å². The summed E-state index contributed by atoms with van der Waals surface area (Å²) in [6.45, 7) is 3.53. The maximum absolute atomic E-state index is 12.0. The average Bonchev–Trinajstić information content (AvgIpc) is 3.17. The van der Waals surface area contributed by atoms with E-state index in [9.17, 15) is 8.42 Å². The minimum absolute atomic E-state index is 0.172. The van der Waals surface area contributed by atoms with Gasteiger partial charge in [0, 0.05) is 37.4 Å². The van der Waals surface area contributed by atoms with Gasteiger partial charge in [-0.1, -0.05) is 0 Å². The second-order valence-electron chi connectivity index (χ2n) is 6.88. The molecule has 1 aliphatic heterocycles. The Hall–Kier alpha value is -1.74. The molecule has 0 N–H and O–H groups in total. The van der Waals surface area contributed by atoms with E-state index in [-0.39, 0.29) is 11.7 Å². The summed E-state index contributed by atoms with van der Waals surface area (Å²) in [5.74, 6) is 2.46. The molecule has 2 aliphatic rings. The molecule has 0 amide bonds. The Bertz CT molecular complexity index is 817. The Morgan fingerprint density at radius 2 is 1.92 bits per heavy atom. The normalized spacial score (nSPS) is 20.2. The summed E-state index contributed by atoms with van der Waals surface area (Å²) in [5, 5.41) is 8.94. The van der Waals surface area contributed by atoms with Gasteiger partial charge < -0.3 is 9.13 Å². The second kappa shape index (κ2) is 6.53. The molecule has 0 bridgehead atoms. The van der Waals surface area contributed by atoms with Crippen molar-refractivity contribution in [2.45, 2.75) is 51.1 Å². The third kappa shape index (κ3) is 3.35. The number of aromatic nitrogens is 5. The van der Waals surface area contributed by atoms with Crippen molar-refractivity contribution in [3.63, 3.8) is 0 Å². The van der Waals surface area contributed by atoms with Gasteiger partial charge in [-0.25, -0.2) is 17.7 Å². The molecule has 0 unspecified atom stereocenters. The van der Waals surface area contributed by atoms with Crippen molar-refractivity contribution in [3.05, 3.63) is 30.4 Å². The fraction of sp³-hybridized carbons (Fsp3) is 0.688. The van der Waals surface area contributed by atoms with Crippen LogP contribution in [0.15, 0.2) is 18.7 Å². The monoisotopic (exact) mass is 364 g/mol. The highest BCUT2D eigenvalue weighted by Crippen LogP contribution is 2.40. The van der Waals surface area contributed by atoms with Gasteiger partial charge >= 0.3 is 0 Å². The molecule has 3 heterocycles. The number of piperidine rings is 1. The molecule has 25 heavy (non-hydrogen) atoms. The smallest absolute Gasteiger partial charge is 0.213 e. The second-order valence-corrected chi connectivity index (χ2v) is 9.14. The number of sulfonamides is 1. The van der Waals surface area contributed by atoms with Crippen LogP contribution >= 0.6 is 0 Å². The van der Waals surface area contributed by atoms with Crippen molar-refractivity contribution in [2.75, 3.05) is 18.8 Å². The molecule has 4 rings (SSSR count). The van der Waals surface area contributed by atoms with Gasteiger partial charge in [0.25, 0.3) is 0 Å². The third-order valence-electron chi connectivity index (χ3n) is 5.17. The van der Waals surface area contributed by atoms with Gasteiger partial charge in [-0.2, -0.15) is 0 Å². The van der Waals surface area contributed by atoms with Crippen LogP contribution in [0, 0.1) is 0 Å². The molecular formula is C16H24N6O2S. The Morgan fingerprint density at radius 1 is 1.16 bits per heavy atom. The van der Waals surface area contributed by atoms with Crippen LogP contribution < -0.4 is 0 Å². The van der Waals surface area contributed by atoms with Crippen molar-refractivity contribution >= 4 is 10.0 Å². The van der Waals surface area contributed by atoms with Crippen LogP contribution in [0.2, 0.25) is 0 Å². The first kappa shape index (κ1) is 16.7. The summed E-state index contributed by atoms with van der Waals surface area (Å²) in [6, 6.07) is 0.501. The largest absolute Gasteiger partial charge is 0.330 e. The number of hydrogen-bond acceptors (Lipinski definition) is 5. The Morgan fingerprint density at radius 3 is 2.52 bits per heavy atom. The van der Waals surface area contributed by atoms with Crippen molar-refractivity contribution in [1.29, 1.82) is 0 Å². The van der Waals surface area contributed by atoms with E-state index in [1.54, 1.807) is 23.8 Å². The zero-order chi connectivity index (χ0) is 17.4. The van der Waals surface area contributed by atoms with Crippen LogP contribution in [0.3, 0.4) is 0 Å².